The summed E-state index contributed by atoms with van der Waals surface area (Å²) in [6.45, 7) is 0. The largest absolute Gasteiger partial charge is 0.510 e. The smallest absolute Gasteiger partial charge is 0.260 e. The van der Waals surface area contributed by atoms with E-state index >= 15 is 0 Å². The first-order chi connectivity index (χ1) is 18.5. The van der Waals surface area contributed by atoms with Crippen LogP contribution in [0.3, 0.4) is 0 Å². The van der Waals surface area contributed by atoms with E-state index < -0.39 is 76.6 Å². The van der Waals surface area contributed by atoms with E-state index in [9.17, 15) is 39.3 Å². The summed E-state index contributed by atoms with van der Waals surface area (Å²) in [6, 6.07) is 2.20. The third-order valence-corrected chi connectivity index (χ3v) is 8.48. The van der Waals surface area contributed by atoms with Gasteiger partial charge in [-0.15, -0.1) is 0 Å². The summed E-state index contributed by atoms with van der Waals surface area (Å²) in [4.78, 5) is 68.0. The number of fused-ring (bicyclic) bond motifs is 4. The standard InChI is InChI=1S/C26H15BrN2O10/c1-39-11-5-10(30)13-14(19(11)31)21(33)16-15(20(13)32)23(35)26(24(16)36)3-2-8-17(26)22(34)12-9(18(8)27)4-7(6-28-38)29-25(12)37/h4-6,34-36,38H,2-3H2,1H3,(H,29,37)/t26-/m0/s1. The molecule has 0 aliphatic heterocycles. The van der Waals surface area contributed by atoms with Crippen molar-refractivity contribution in [2.45, 2.75) is 18.3 Å². The molecule has 0 radical (unpaired) electrons. The van der Waals surface area contributed by atoms with Crippen LogP contribution in [0, 0.1) is 10.4 Å². The van der Waals surface area contributed by atoms with Gasteiger partial charge in [0.05, 0.1) is 45.3 Å². The van der Waals surface area contributed by atoms with Gasteiger partial charge >= 0.3 is 0 Å². The number of nitrogens with one attached hydrogen (secondary N) is 1. The highest BCUT2D eigenvalue weighted by Crippen LogP contribution is 2.56. The van der Waals surface area contributed by atoms with Crippen LogP contribution in [0.5, 0.6) is 11.5 Å². The molecule has 1 aromatic carbocycles. The number of aromatic amines is 1. The molecule has 6 rings (SSSR count). The molecule has 5 N–H and O–H groups in total. The first-order valence-electron chi connectivity index (χ1n) is 11.4. The van der Waals surface area contributed by atoms with Gasteiger partial charge in [-0.05, 0) is 40.4 Å². The highest BCUT2D eigenvalue weighted by molar-refractivity contribution is 9.10. The van der Waals surface area contributed by atoms with Crippen LogP contribution in [0.25, 0.3) is 22.3 Å². The maximum atomic E-state index is 13.5. The van der Waals surface area contributed by atoms with Crippen molar-refractivity contribution in [3.8, 4) is 11.5 Å². The molecular weight excluding hydrogens is 580 g/mol. The summed E-state index contributed by atoms with van der Waals surface area (Å²) < 4.78 is 5.19. The van der Waals surface area contributed by atoms with Crippen molar-refractivity contribution in [1.82, 2.24) is 4.98 Å². The number of methoxy groups -OCH3 is 1. The van der Waals surface area contributed by atoms with Crippen molar-refractivity contribution in [3.63, 3.8) is 0 Å². The fourth-order valence-corrected chi connectivity index (χ4v) is 6.65. The molecule has 1 spiro atoms. The monoisotopic (exact) mass is 594 g/mol. The fraction of sp³-hybridized carbons (Fsp3) is 0.154. The SMILES string of the molecule is COc1cc(=O)c2c(=O)c3c(c(=O)c=2c1=O)=C(O)[C@]1(CCc2c1c(O)c1c(=O)[nH]c(C=NO)cc1c2Br)C=3O. The number of benzene rings is 1. The Morgan fingerprint density at radius 3 is 2.23 bits per heavy atom. The maximum Gasteiger partial charge on any atom is 0.260 e. The van der Waals surface area contributed by atoms with Crippen molar-refractivity contribution in [1.29, 1.82) is 0 Å². The molecule has 0 saturated heterocycles. The summed E-state index contributed by atoms with van der Waals surface area (Å²) in [5.74, 6) is -2.68. The number of hydrogen-bond donors (Lipinski definition) is 5. The second kappa shape index (κ2) is 7.86. The molecule has 12 nitrogen and oxygen atoms in total. The van der Waals surface area contributed by atoms with Crippen LogP contribution < -0.4 is 42.4 Å². The van der Waals surface area contributed by atoms with Gasteiger partial charge in [0.25, 0.3) is 5.56 Å². The average Bonchev–Trinajstić information content (AvgIpc) is 3.40. The van der Waals surface area contributed by atoms with E-state index in [0.29, 0.717) is 10.0 Å². The van der Waals surface area contributed by atoms with Gasteiger partial charge in [-0.25, -0.2) is 0 Å². The number of aromatic nitrogens is 1. The Labute approximate surface area is 222 Å². The highest BCUT2D eigenvalue weighted by atomic mass is 79.9. The molecule has 1 atom stereocenters. The van der Waals surface area contributed by atoms with E-state index in [0.717, 1.165) is 19.4 Å². The number of phenols is 1. The van der Waals surface area contributed by atoms with Crippen LogP contribution in [0.15, 0.2) is 45.7 Å². The Kier molecular flexibility index (Phi) is 4.95. The number of rotatable bonds is 2. The van der Waals surface area contributed by atoms with Gasteiger partial charge in [-0.1, -0.05) is 5.16 Å². The van der Waals surface area contributed by atoms with Crippen LogP contribution in [0.1, 0.15) is 23.2 Å². The molecule has 39 heavy (non-hydrogen) atoms. The van der Waals surface area contributed by atoms with Gasteiger partial charge in [0.1, 0.15) is 22.7 Å². The number of hydrogen-bond acceptors (Lipinski definition) is 11. The van der Waals surface area contributed by atoms with Crippen molar-refractivity contribution in [2.75, 3.05) is 7.11 Å². The van der Waals surface area contributed by atoms with E-state index in [1.807, 2.05) is 0 Å². The van der Waals surface area contributed by atoms with E-state index in [1.165, 1.54) is 6.07 Å². The predicted octanol–water partition coefficient (Wildman–Crippen LogP) is -0.916. The highest BCUT2D eigenvalue weighted by Gasteiger charge is 2.53. The van der Waals surface area contributed by atoms with Gasteiger partial charge in [0.2, 0.25) is 16.3 Å². The third-order valence-electron chi connectivity index (χ3n) is 7.57. The predicted molar refractivity (Wildman–Crippen MR) is 140 cm³/mol. The van der Waals surface area contributed by atoms with Crippen LogP contribution in [-0.4, -0.2) is 38.8 Å². The minimum absolute atomic E-state index is 0.104. The normalized spacial score (nSPS) is 18.1. The molecular formula is C26H15BrN2O10. The Bertz CT molecular complexity index is 2330. The number of aliphatic hydroxyl groups is 2. The number of halogens is 1. The number of aromatic hydroxyl groups is 1. The maximum absolute atomic E-state index is 13.5. The quantitative estimate of drug-likeness (QED) is 0.110. The molecule has 4 aliphatic rings. The lowest BCUT2D eigenvalue weighted by Crippen LogP contribution is -2.51. The van der Waals surface area contributed by atoms with Crippen molar-refractivity contribution in [3.05, 3.63) is 106 Å². The Hall–Kier alpha value is -4.78. The van der Waals surface area contributed by atoms with Crippen LogP contribution in [0.4, 0.5) is 0 Å². The summed E-state index contributed by atoms with van der Waals surface area (Å²) in [7, 11) is 1.11. The van der Waals surface area contributed by atoms with E-state index in [2.05, 4.69) is 26.1 Å². The number of aliphatic hydroxyl groups excluding tert-OH is 2. The second-order valence-corrected chi connectivity index (χ2v) is 10.1. The molecule has 1 aromatic heterocycles. The first kappa shape index (κ1) is 24.6. The molecule has 0 unspecified atom stereocenters. The molecule has 0 fully saturated rings. The summed E-state index contributed by atoms with van der Waals surface area (Å²) in [5.41, 5.74) is -6.73. The molecule has 4 aliphatic carbocycles. The lowest BCUT2D eigenvalue weighted by molar-refractivity contribution is 0.321. The number of phenolic OH excluding ortho intramolecular Hbond substituents is 1. The Morgan fingerprint density at radius 2 is 1.62 bits per heavy atom. The lowest BCUT2D eigenvalue weighted by atomic mass is 9.78. The van der Waals surface area contributed by atoms with E-state index in [-0.39, 0.29) is 34.9 Å². The minimum atomic E-state index is -2.01. The molecule has 196 valence electrons. The topological polar surface area (TPSA) is 204 Å². The van der Waals surface area contributed by atoms with E-state index in [1.54, 1.807) is 0 Å². The number of H-pyrrole nitrogens is 1. The number of oxime groups is 1. The van der Waals surface area contributed by atoms with Crippen molar-refractivity contribution >= 4 is 44.4 Å². The van der Waals surface area contributed by atoms with E-state index in [4.69, 9.17) is 9.94 Å². The average molecular weight is 595 g/mol. The second-order valence-electron chi connectivity index (χ2n) is 9.27. The number of pyridine rings is 1. The summed E-state index contributed by atoms with van der Waals surface area (Å²) in [6.07, 6.45) is 0.950. The Balaban J connectivity index is 1.84. The van der Waals surface area contributed by atoms with Gasteiger partial charge in [0, 0.05) is 21.5 Å². The molecule has 1 heterocycles. The van der Waals surface area contributed by atoms with Gasteiger partial charge in [-0.3, -0.25) is 24.0 Å². The van der Waals surface area contributed by atoms with Gasteiger partial charge in [-0.2, -0.15) is 0 Å². The van der Waals surface area contributed by atoms with Gasteiger partial charge < -0.3 is 30.2 Å². The van der Waals surface area contributed by atoms with Gasteiger partial charge in [0.15, 0.2) is 11.2 Å². The molecule has 0 bridgehead atoms. The van der Waals surface area contributed by atoms with Crippen LogP contribution >= 0.6 is 15.9 Å². The van der Waals surface area contributed by atoms with Crippen LogP contribution in [-0.2, 0) is 11.8 Å². The summed E-state index contributed by atoms with van der Waals surface area (Å²) in [5, 5.41) is 43.2. The molecule has 0 saturated carbocycles. The number of nitrogens with zero attached hydrogens (tertiary/aromatic N) is 1. The molecule has 2 aromatic rings. The van der Waals surface area contributed by atoms with Crippen molar-refractivity contribution in [2.24, 2.45) is 5.16 Å². The van der Waals surface area contributed by atoms with Crippen LogP contribution in [0.2, 0.25) is 0 Å². The lowest BCUT2D eigenvalue weighted by Gasteiger charge is -2.27. The first-order valence-corrected chi connectivity index (χ1v) is 12.1. The zero-order valence-electron chi connectivity index (χ0n) is 19.7. The zero-order chi connectivity index (χ0) is 28.1. The molecule has 0 amide bonds. The fourth-order valence-electron chi connectivity index (χ4n) is 5.94. The van der Waals surface area contributed by atoms with Crippen molar-refractivity contribution < 1.29 is 25.3 Å². The Morgan fingerprint density at radius 1 is 0.974 bits per heavy atom. The molecule has 13 heteroatoms. The summed E-state index contributed by atoms with van der Waals surface area (Å²) >= 11 is 3.42. The minimum Gasteiger partial charge on any atom is -0.510 e. The third kappa shape index (κ3) is 2.76. The number of ether oxygens (including phenoxy) is 1. The zero-order valence-corrected chi connectivity index (χ0v) is 21.3.